The number of H-pyrrole nitrogens is 1. The number of hydrogen-bond acceptors (Lipinski definition) is 2. The average Bonchev–Trinajstić information content (AvgIpc) is 2.50. The summed E-state index contributed by atoms with van der Waals surface area (Å²) in [7, 11) is 0. The van der Waals surface area contributed by atoms with E-state index in [1.807, 2.05) is 18.5 Å². The van der Waals surface area contributed by atoms with Crippen molar-refractivity contribution < 1.29 is 0 Å². The standard InChI is InChI=1S/C12H15N3S/c1-8(9-3-2-4-9)15-11-5-6-13-7-10(11)14-12(15)16/h5-9H,2-4H2,1H3,(H,14,16). The van der Waals surface area contributed by atoms with Gasteiger partial charge in [0.2, 0.25) is 0 Å². The van der Waals surface area contributed by atoms with Crippen LogP contribution in [0.4, 0.5) is 0 Å². The zero-order valence-corrected chi connectivity index (χ0v) is 10.1. The van der Waals surface area contributed by atoms with Gasteiger partial charge in [-0.3, -0.25) is 4.98 Å². The number of imidazole rings is 1. The van der Waals surface area contributed by atoms with Gasteiger partial charge < -0.3 is 9.55 Å². The second-order valence-electron chi connectivity index (χ2n) is 4.62. The lowest BCUT2D eigenvalue weighted by Gasteiger charge is -2.32. The number of nitrogens with zero attached hydrogens (tertiary/aromatic N) is 2. The molecule has 0 saturated heterocycles. The molecule has 1 atom stereocenters. The maximum absolute atomic E-state index is 5.40. The number of fused-ring (bicyclic) bond motifs is 1. The molecule has 2 heterocycles. The quantitative estimate of drug-likeness (QED) is 0.806. The third kappa shape index (κ3) is 1.40. The molecule has 1 fully saturated rings. The van der Waals surface area contributed by atoms with Crippen LogP contribution in [0.5, 0.6) is 0 Å². The normalized spacial score (nSPS) is 18.6. The summed E-state index contributed by atoms with van der Waals surface area (Å²) in [5.41, 5.74) is 2.22. The number of nitrogens with one attached hydrogen (secondary N) is 1. The highest BCUT2D eigenvalue weighted by atomic mass is 32.1. The summed E-state index contributed by atoms with van der Waals surface area (Å²) in [5.74, 6) is 0.791. The topological polar surface area (TPSA) is 33.6 Å². The van der Waals surface area contributed by atoms with E-state index in [2.05, 4.69) is 21.5 Å². The SMILES string of the molecule is CC(C1CCC1)n1c(=S)[nH]c2cnccc21. The summed E-state index contributed by atoms with van der Waals surface area (Å²) in [6, 6.07) is 2.54. The molecule has 2 aromatic rings. The van der Waals surface area contributed by atoms with Gasteiger partial charge in [-0.25, -0.2) is 0 Å². The molecule has 1 aliphatic carbocycles. The molecule has 0 aliphatic heterocycles. The summed E-state index contributed by atoms with van der Waals surface area (Å²) >= 11 is 5.40. The van der Waals surface area contributed by atoms with Gasteiger partial charge in [-0.15, -0.1) is 0 Å². The Bertz CT molecular complexity index is 565. The van der Waals surface area contributed by atoms with E-state index in [4.69, 9.17) is 12.2 Å². The zero-order chi connectivity index (χ0) is 11.1. The molecule has 1 saturated carbocycles. The fourth-order valence-corrected chi connectivity index (χ4v) is 2.89. The van der Waals surface area contributed by atoms with Crippen molar-refractivity contribution in [1.29, 1.82) is 0 Å². The lowest BCUT2D eigenvalue weighted by atomic mass is 9.80. The van der Waals surface area contributed by atoms with E-state index in [9.17, 15) is 0 Å². The smallest absolute Gasteiger partial charge is 0.178 e. The first kappa shape index (κ1) is 10.0. The largest absolute Gasteiger partial charge is 0.329 e. The lowest BCUT2D eigenvalue weighted by Crippen LogP contribution is -2.22. The first-order chi connectivity index (χ1) is 7.77. The van der Waals surface area contributed by atoms with Gasteiger partial charge in [0.1, 0.15) is 0 Å². The van der Waals surface area contributed by atoms with E-state index >= 15 is 0 Å². The Labute approximate surface area is 99.5 Å². The Hall–Kier alpha value is -1.16. The van der Waals surface area contributed by atoms with Crippen molar-refractivity contribution in [2.24, 2.45) is 5.92 Å². The number of pyridine rings is 1. The van der Waals surface area contributed by atoms with Gasteiger partial charge in [0.05, 0.1) is 17.2 Å². The van der Waals surface area contributed by atoms with Crippen LogP contribution in [0.2, 0.25) is 0 Å². The van der Waals surface area contributed by atoms with Crippen molar-refractivity contribution >= 4 is 23.3 Å². The molecular formula is C12H15N3S. The van der Waals surface area contributed by atoms with Crippen LogP contribution in [0.3, 0.4) is 0 Å². The van der Waals surface area contributed by atoms with E-state index in [0.717, 1.165) is 16.2 Å². The average molecular weight is 233 g/mol. The van der Waals surface area contributed by atoms with Crippen LogP contribution >= 0.6 is 12.2 Å². The highest BCUT2D eigenvalue weighted by Gasteiger charge is 2.26. The minimum Gasteiger partial charge on any atom is -0.329 e. The Morgan fingerprint density at radius 2 is 2.38 bits per heavy atom. The molecule has 1 N–H and O–H groups in total. The molecular weight excluding hydrogens is 218 g/mol. The molecule has 2 aromatic heterocycles. The van der Waals surface area contributed by atoms with Crippen molar-refractivity contribution in [1.82, 2.24) is 14.5 Å². The predicted molar refractivity (Wildman–Crippen MR) is 67.0 cm³/mol. The van der Waals surface area contributed by atoms with E-state index in [-0.39, 0.29) is 0 Å². The molecule has 3 rings (SSSR count). The van der Waals surface area contributed by atoms with Crippen molar-refractivity contribution in [3.8, 4) is 0 Å². The van der Waals surface area contributed by atoms with Gasteiger partial charge in [0.25, 0.3) is 0 Å². The maximum atomic E-state index is 5.40. The van der Waals surface area contributed by atoms with Gasteiger partial charge >= 0.3 is 0 Å². The molecule has 1 aliphatic rings. The fourth-order valence-electron chi connectivity index (χ4n) is 2.52. The summed E-state index contributed by atoms with van der Waals surface area (Å²) in [4.78, 5) is 7.34. The Balaban J connectivity index is 2.14. The highest BCUT2D eigenvalue weighted by Crippen LogP contribution is 2.37. The van der Waals surface area contributed by atoms with E-state index in [1.54, 1.807) is 0 Å². The zero-order valence-electron chi connectivity index (χ0n) is 9.31. The number of rotatable bonds is 2. The Morgan fingerprint density at radius 1 is 1.56 bits per heavy atom. The van der Waals surface area contributed by atoms with Gasteiger partial charge in [-0.1, -0.05) is 6.42 Å². The third-order valence-electron chi connectivity index (χ3n) is 3.76. The van der Waals surface area contributed by atoms with E-state index in [1.165, 1.54) is 24.8 Å². The summed E-state index contributed by atoms with van der Waals surface area (Å²) in [6.45, 7) is 2.27. The van der Waals surface area contributed by atoms with Crippen molar-refractivity contribution in [3.05, 3.63) is 23.2 Å². The predicted octanol–water partition coefficient (Wildman–Crippen LogP) is 3.45. The minimum absolute atomic E-state index is 0.498. The summed E-state index contributed by atoms with van der Waals surface area (Å²) in [6.07, 6.45) is 7.71. The van der Waals surface area contributed by atoms with Crippen molar-refractivity contribution in [2.75, 3.05) is 0 Å². The van der Waals surface area contributed by atoms with Gasteiger partial charge in [-0.2, -0.15) is 0 Å². The lowest BCUT2D eigenvalue weighted by molar-refractivity contribution is 0.224. The Kier molecular flexibility index (Phi) is 2.32. The second-order valence-corrected chi connectivity index (χ2v) is 5.01. The molecule has 1 unspecified atom stereocenters. The van der Waals surface area contributed by atoms with Gasteiger partial charge in [0.15, 0.2) is 4.77 Å². The number of aromatic nitrogens is 3. The fraction of sp³-hybridized carbons (Fsp3) is 0.500. The molecule has 16 heavy (non-hydrogen) atoms. The molecule has 0 radical (unpaired) electrons. The van der Waals surface area contributed by atoms with Crippen LogP contribution < -0.4 is 0 Å². The minimum atomic E-state index is 0.498. The maximum Gasteiger partial charge on any atom is 0.178 e. The second kappa shape index (κ2) is 3.70. The monoisotopic (exact) mass is 233 g/mol. The molecule has 3 nitrogen and oxygen atoms in total. The van der Waals surface area contributed by atoms with Crippen LogP contribution in [0.1, 0.15) is 32.2 Å². The number of hydrogen-bond donors (Lipinski definition) is 1. The molecule has 0 amide bonds. The third-order valence-corrected chi connectivity index (χ3v) is 4.06. The van der Waals surface area contributed by atoms with Crippen LogP contribution in [-0.2, 0) is 0 Å². The molecule has 0 aromatic carbocycles. The molecule has 84 valence electrons. The van der Waals surface area contributed by atoms with Crippen LogP contribution in [0, 0.1) is 10.7 Å². The molecule has 0 spiro atoms. The summed E-state index contributed by atoms with van der Waals surface area (Å²) < 4.78 is 3.07. The van der Waals surface area contributed by atoms with Crippen molar-refractivity contribution in [2.45, 2.75) is 32.2 Å². The Morgan fingerprint density at radius 3 is 3.06 bits per heavy atom. The van der Waals surface area contributed by atoms with E-state index < -0.39 is 0 Å². The van der Waals surface area contributed by atoms with Gasteiger partial charge in [-0.05, 0) is 44.0 Å². The first-order valence-corrected chi connectivity index (χ1v) is 6.22. The van der Waals surface area contributed by atoms with E-state index in [0.29, 0.717) is 6.04 Å². The van der Waals surface area contributed by atoms with Crippen LogP contribution in [0.25, 0.3) is 11.0 Å². The highest BCUT2D eigenvalue weighted by molar-refractivity contribution is 7.71. The first-order valence-electron chi connectivity index (χ1n) is 5.81. The van der Waals surface area contributed by atoms with Crippen LogP contribution in [-0.4, -0.2) is 14.5 Å². The molecule has 0 bridgehead atoms. The number of aromatic amines is 1. The molecule has 4 heteroatoms. The van der Waals surface area contributed by atoms with Gasteiger partial charge in [0, 0.05) is 12.2 Å². The summed E-state index contributed by atoms with van der Waals surface area (Å²) in [5, 5.41) is 0. The van der Waals surface area contributed by atoms with Crippen molar-refractivity contribution in [3.63, 3.8) is 0 Å². The van der Waals surface area contributed by atoms with Crippen LogP contribution in [0.15, 0.2) is 18.5 Å².